The molecule has 0 unspecified atom stereocenters. The first-order valence-electron chi connectivity index (χ1n) is 5.39. The Balaban J connectivity index is 2.04. The second kappa shape index (κ2) is 6.71. The minimum Gasteiger partial charge on any atom is -0.351 e. The minimum absolute atomic E-state index is 0.272. The molecule has 3 N–H and O–H groups in total. The first-order valence-corrected chi connectivity index (χ1v) is 6.44. The largest absolute Gasteiger partial charge is 0.351 e. The molecule has 1 aliphatic carbocycles. The van der Waals surface area contributed by atoms with Crippen molar-refractivity contribution in [1.29, 1.82) is 0 Å². The molecule has 3 amide bonds. The van der Waals surface area contributed by atoms with E-state index in [1.165, 1.54) is 32.1 Å². The van der Waals surface area contributed by atoms with Crippen molar-refractivity contribution in [2.24, 2.45) is 5.73 Å². The van der Waals surface area contributed by atoms with Gasteiger partial charge in [-0.05, 0) is 12.8 Å². The lowest BCUT2D eigenvalue weighted by atomic mass is 10.0. The number of hydrogen-bond donors (Lipinski definition) is 2. The van der Waals surface area contributed by atoms with E-state index in [9.17, 15) is 9.59 Å². The van der Waals surface area contributed by atoms with E-state index in [1.807, 2.05) is 11.8 Å². The van der Waals surface area contributed by atoms with Gasteiger partial charge in [-0.15, -0.1) is 0 Å². The smallest absolute Gasteiger partial charge is 0.318 e. The van der Waals surface area contributed by atoms with Gasteiger partial charge in [-0.25, -0.2) is 4.79 Å². The van der Waals surface area contributed by atoms with Crippen LogP contribution >= 0.6 is 11.8 Å². The zero-order valence-electron chi connectivity index (χ0n) is 8.83. The number of amides is 3. The maximum absolute atomic E-state index is 11.1. The Kier molecular flexibility index (Phi) is 5.53. The summed E-state index contributed by atoms with van der Waals surface area (Å²) in [6.07, 6.45) is 6.88. The van der Waals surface area contributed by atoms with Gasteiger partial charge in [0, 0.05) is 17.4 Å². The first kappa shape index (κ1) is 12.4. The van der Waals surface area contributed by atoms with Crippen LogP contribution in [0.3, 0.4) is 0 Å². The number of imide groups is 1. The molecular weight excluding hydrogens is 212 g/mol. The predicted octanol–water partition coefficient (Wildman–Crippen LogP) is 1.64. The summed E-state index contributed by atoms with van der Waals surface area (Å²) in [6, 6.07) is -0.761. The number of hydrogen-bond acceptors (Lipinski definition) is 3. The third-order valence-corrected chi connectivity index (χ3v) is 3.88. The van der Waals surface area contributed by atoms with E-state index in [0.717, 1.165) is 5.75 Å². The fourth-order valence-electron chi connectivity index (χ4n) is 1.75. The number of nitrogens with two attached hydrogens (primary N) is 1. The summed E-state index contributed by atoms with van der Waals surface area (Å²) < 4.78 is 0. The Bertz CT molecular complexity index is 227. The number of primary amides is 1. The van der Waals surface area contributed by atoms with Crippen LogP contribution in [0.5, 0.6) is 0 Å². The van der Waals surface area contributed by atoms with E-state index in [0.29, 0.717) is 11.7 Å². The molecule has 0 saturated heterocycles. The zero-order valence-corrected chi connectivity index (χ0v) is 9.65. The summed E-state index contributed by atoms with van der Waals surface area (Å²) in [5, 5.41) is 2.78. The average Bonchev–Trinajstić information content (AvgIpc) is 2.18. The number of urea groups is 1. The molecule has 1 saturated carbocycles. The second-order valence-electron chi connectivity index (χ2n) is 3.79. The highest BCUT2D eigenvalue weighted by molar-refractivity contribution is 7.99. The number of nitrogens with one attached hydrogen (secondary N) is 1. The lowest BCUT2D eigenvalue weighted by Gasteiger charge is -2.20. The van der Waals surface area contributed by atoms with Crippen LogP contribution in [0.2, 0.25) is 0 Å². The molecule has 0 aromatic rings. The number of thioether (sulfide) groups is 1. The van der Waals surface area contributed by atoms with E-state index in [1.54, 1.807) is 0 Å². The molecule has 1 rings (SSSR count). The van der Waals surface area contributed by atoms with Gasteiger partial charge in [-0.2, -0.15) is 11.8 Å². The Hall–Kier alpha value is -0.710. The van der Waals surface area contributed by atoms with Crippen molar-refractivity contribution in [2.75, 3.05) is 5.75 Å². The van der Waals surface area contributed by atoms with Gasteiger partial charge in [0.2, 0.25) is 5.91 Å². The molecular formula is C10H18N2O2S. The summed E-state index contributed by atoms with van der Waals surface area (Å²) in [5.41, 5.74) is 4.83. The van der Waals surface area contributed by atoms with E-state index >= 15 is 0 Å². The number of carbonyl (C=O) groups excluding carboxylic acids is 2. The normalized spacial score (nSPS) is 17.3. The van der Waals surface area contributed by atoms with E-state index in [4.69, 9.17) is 5.73 Å². The molecule has 4 nitrogen and oxygen atoms in total. The van der Waals surface area contributed by atoms with E-state index in [2.05, 4.69) is 5.32 Å². The van der Waals surface area contributed by atoms with Crippen molar-refractivity contribution < 1.29 is 9.59 Å². The standard InChI is InChI=1S/C10H18N2O2S/c11-10(14)12-9(13)6-7-15-8-4-2-1-3-5-8/h8H,1-7H2,(H3,11,12,13,14). The molecule has 0 aromatic heterocycles. The quantitative estimate of drug-likeness (QED) is 0.771. The molecule has 0 heterocycles. The zero-order chi connectivity index (χ0) is 11.1. The SMILES string of the molecule is NC(=O)NC(=O)CCSC1CCCCC1. The third-order valence-electron chi connectivity index (χ3n) is 2.50. The van der Waals surface area contributed by atoms with Crippen molar-refractivity contribution in [3.8, 4) is 0 Å². The minimum atomic E-state index is -0.761. The van der Waals surface area contributed by atoms with Crippen LogP contribution in [-0.4, -0.2) is 22.9 Å². The van der Waals surface area contributed by atoms with Crippen LogP contribution in [0.25, 0.3) is 0 Å². The van der Waals surface area contributed by atoms with Crippen molar-refractivity contribution in [3.05, 3.63) is 0 Å². The number of carbonyl (C=O) groups is 2. The maximum Gasteiger partial charge on any atom is 0.318 e. The van der Waals surface area contributed by atoms with Crippen LogP contribution in [-0.2, 0) is 4.79 Å². The van der Waals surface area contributed by atoms with Gasteiger partial charge in [0.15, 0.2) is 0 Å². The fraction of sp³-hybridized carbons (Fsp3) is 0.800. The summed E-state index contributed by atoms with van der Waals surface area (Å²) in [7, 11) is 0. The predicted molar refractivity (Wildman–Crippen MR) is 61.7 cm³/mol. The first-order chi connectivity index (χ1) is 7.18. The topological polar surface area (TPSA) is 72.2 Å². The van der Waals surface area contributed by atoms with E-state index in [-0.39, 0.29) is 5.91 Å². The second-order valence-corrected chi connectivity index (χ2v) is 5.20. The van der Waals surface area contributed by atoms with Gasteiger partial charge in [-0.1, -0.05) is 19.3 Å². The molecule has 0 aromatic carbocycles. The Morgan fingerprint density at radius 2 is 1.93 bits per heavy atom. The van der Waals surface area contributed by atoms with Gasteiger partial charge < -0.3 is 5.73 Å². The number of rotatable bonds is 4. The molecule has 0 spiro atoms. The molecule has 0 atom stereocenters. The van der Waals surface area contributed by atoms with E-state index < -0.39 is 6.03 Å². The lowest BCUT2D eigenvalue weighted by Crippen LogP contribution is -2.35. The van der Waals surface area contributed by atoms with Crippen LogP contribution < -0.4 is 11.1 Å². The van der Waals surface area contributed by atoms with Gasteiger partial charge in [0.25, 0.3) is 0 Å². The Labute approximate surface area is 94.4 Å². The van der Waals surface area contributed by atoms with Crippen molar-refractivity contribution in [3.63, 3.8) is 0 Å². The Morgan fingerprint density at radius 3 is 2.53 bits per heavy atom. The molecule has 15 heavy (non-hydrogen) atoms. The molecule has 0 aliphatic heterocycles. The lowest BCUT2D eigenvalue weighted by molar-refractivity contribution is -0.119. The molecule has 1 fully saturated rings. The van der Waals surface area contributed by atoms with Gasteiger partial charge >= 0.3 is 6.03 Å². The van der Waals surface area contributed by atoms with Gasteiger partial charge in [-0.3, -0.25) is 10.1 Å². The fourth-order valence-corrected chi connectivity index (χ4v) is 3.05. The maximum atomic E-state index is 11.1. The average molecular weight is 230 g/mol. The molecule has 1 aliphatic rings. The highest BCUT2D eigenvalue weighted by Gasteiger charge is 2.14. The molecule has 5 heteroatoms. The Morgan fingerprint density at radius 1 is 1.27 bits per heavy atom. The summed E-state index contributed by atoms with van der Waals surface area (Å²) in [6.45, 7) is 0. The van der Waals surface area contributed by atoms with Crippen molar-refractivity contribution in [2.45, 2.75) is 43.8 Å². The van der Waals surface area contributed by atoms with Crippen LogP contribution in [0.1, 0.15) is 38.5 Å². The highest BCUT2D eigenvalue weighted by Crippen LogP contribution is 2.28. The summed E-state index contributed by atoms with van der Waals surface area (Å²) >= 11 is 1.84. The molecule has 0 bridgehead atoms. The van der Waals surface area contributed by atoms with Crippen LogP contribution in [0.4, 0.5) is 4.79 Å². The molecule has 86 valence electrons. The highest BCUT2D eigenvalue weighted by atomic mass is 32.2. The van der Waals surface area contributed by atoms with Crippen LogP contribution in [0.15, 0.2) is 0 Å². The van der Waals surface area contributed by atoms with Crippen molar-refractivity contribution in [1.82, 2.24) is 5.32 Å². The summed E-state index contributed by atoms with van der Waals surface area (Å²) in [4.78, 5) is 21.4. The van der Waals surface area contributed by atoms with Crippen molar-refractivity contribution >= 4 is 23.7 Å². The third kappa shape index (κ3) is 5.67. The molecule has 0 radical (unpaired) electrons. The summed E-state index contributed by atoms with van der Waals surface area (Å²) in [5.74, 6) is 0.509. The van der Waals surface area contributed by atoms with Crippen LogP contribution in [0, 0.1) is 0 Å². The van der Waals surface area contributed by atoms with Gasteiger partial charge in [0.05, 0.1) is 0 Å². The monoisotopic (exact) mass is 230 g/mol. The van der Waals surface area contributed by atoms with Gasteiger partial charge in [0.1, 0.15) is 0 Å².